The average molecular weight is 354 g/mol. The Balaban J connectivity index is 1.61. The topological polar surface area (TPSA) is 63.9 Å². The minimum absolute atomic E-state index is 0.0199. The summed E-state index contributed by atoms with van der Waals surface area (Å²) in [4.78, 5) is 23.0. The first-order valence-electron chi connectivity index (χ1n) is 8.00. The number of benzene rings is 1. The van der Waals surface area contributed by atoms with Crippen molar-refractivity contribution in [3.05, 3.63) is 70.5 Å². The third-order valence-electron chi connectivity index (χ3n) is 4.24. The molecule has 0 atom stereocenters. The fourth-order valence-electron chi connectivity index (χ4n) is 3.06. The highest BCUT2D eigenvalue weighted by molar-refractivity contribution is 6.30. The third kappa shape index (κ3) is 3.13. The molecule has 3 aromatic rings. The van der Waals surface area contributed by atoms with Crippen LogP contribution < -0.4 is 4.90 Å². The Morgan fingerprint density at radius 2 is 2.12 bits per heavy atom. The molecule has 6 nitrogen and oxygen atoms in total. The Bertz CT molecular complexity index is 952. The first-order valence-corrected chi connectivity index (χ1v) is 8.38. The summed E-state index contributed by atoms with van der Waals surface area (Å²) in [5.74, 6) is 0.707. The Hall–Kier alpha value is -2.73. The van der Waals surface area contributed by atoms with Crippen LogP contribution in [0.5, 0.6) is 0 Å². The number of hydrogen-bond donors (Lipinski definition) is 0. The molecular weight excluding hydrogens is 338 g/mol. The van der Waals surface area contributed by atoms with Crippen molar-refractivity contribution < 1.29 is 4.79 Å². The van der Waals surface area contributed by atoms with Crippen LogP contribution >= 0.6 is 11.6 Å². The number of fused-ring (bicyclic) bond motifs is 1. The first kappa shape index (κ1) is 15.8. The SMILES string of the molecule is Cc1ncn(Cc2cncc(N3CCc4cc(Cl)ccc4C3=O)c2)n1. The van der Waals surface area contributed by atoms with Crippen molar-refractivity contribution in [1.82, 2.24) is 19.7 Å². The van der Waals surface area contributed by atoms with Gasteiger partial charge in [-0.05, 0) is 48.7 Å². The summed E-state index contributed by atoms with van der Waals surface area (Å²) < 4.78 is 1.76. The van der Waals surface area contributed by atoms with E-state index in [1.54, 1.807) is 40.4 Å². The number of amides is 1. The Kier molecular flexibility index (Phi) is 3.97. The summed E-state index contributed by atoms with van der Waals surface area (Å²) in [6.45, 7) is 3.02. The molecule has 0 bridgehead atoms. The number of carbonyl (C=O) groups excluding carboxylic acids is 1. The molecule has 25 heavy (non-hydrogen) atoms. The monoisotopic (exact) mass is 353 g/mol. The normalized spacial score (nSPS) is 13.8. The molecule has 1 amide bonds. The highest BCUT2D eigenvalue weighted by Gasteiger charge is 2.25. The van der Waals surface area contributed by atoms with E-state index in [0.717, 1.165) is 29.1 Å². The maximum absolute atomic E-state index is 12.8. The molecule has 1 aliphatic heterocycles. The molecule has 1 aliphatic rings. The summed E-state index contributed by atoms with van der Waals surface area (Å²) in [5.41, 5.74) is 3.46. The van der Waals surface area contributed by atoms with E-state index in [2.05, 4.69) is 15.1 Å². The molecule has 0 saturated carbocycles. The van der Waals surface area contributed by atoms with E-state index in [-0.39, 0.29) is 5.91 Å². The molecule has 0 unspecified atom stereocenters. The van der Waals surface area contributed by atoms with Crippen molar-refractivity contribution in [2.45, 2.75) is 19.9 Å². The van der Waals surface area contributed by atoms with Crippen molar-refractivity contribution in [1.29, 1.82) is 0 Å². The van der Waals surface area contributed by atoms with Gasteiger partial charge in [0.1, 0.15) is 12.2 Å². The Morgan fingerprint density at radius 3 is 2.92 bits per heavy atom. The zero-order chi connectivity index (χ0) is 17.4. The van der Waals surface area contributed by atoms with E-state index in [1.165, 1.54) is 0 Å². The van der Waals surface area contributed by atoms with Crippen LogP contribution in [-0.4, -0.2) is 32.2 Å². The molecule has 0 fully saturated rings. The Labute approximate surface area is 150 Å². The van der Waals surface area contributed by atoms with E-state index >= 15 is 0 Å². The quantitative estimate of drug-likeness (QED) is 0.726. The predicted molar refractivity (Wildman–Crippen MR) is 94.9 cm³/mol. The lowest BCUT2D eigenvalue weighted by Crippen LogP contribution is -2.37. The fourth-order valence-corrected chi connectivity index (χ4v) is 3.26. The van der Waals surface area contributed by atoms with Gasteiger partial charge in [-0.25, -0.2) is 9.67 Å². The van der Waals surface area contributed by atoms with Gasteiger partial charge in [0.2, 0.25) is 0 Å². The van der Waals surface area contributed by atoms with Crippen molar-refractivity contribution in [2.75, 3.05) is 11.4 Å². The number of pyridine rings is 1. The summed E-state index contributed by atoms with van der Waals surface area (Å²) in [6.07, 6.45) is 5.96. The van der Waals surface area contributed by atoms with Gasteiger partial charge in [-0.3, -0.25) is 9.78 Å². The van der Waals surface area contributed by atoms with E-state index in [4.69, 9.17) is 11.6 Å². The second-order valence-corrected chi connectivity index (χ2v) is 6.49. The molecule has 126 valence electrons. The van der Waals surface area contributed by atoms with Gasteiger partial charge in [0.25, 0.3) is 5.91 Å². The maximum atomic E-state index is 12.8. The number of nitrogens with zero attached hydrogens (tertiary/aromatic N) is 5. The number of anilines is 1. The molecule has 0 spiro atoms. The minimum atomic E-state index is -0.0199. The molecule has 7 heteroatoms. The van der Waals surface area contributed by atoms with E-state index in [9.17, 15) is 4.79 Å². The summed E-state index contributed by atoms with van der Waals surface area (Å²) in [7, 11) is 0. The maximum Gasteiger partial charge on any atom is 0.258 e. The molecule has 0 N–H and O–H groups in total. The molecule has 1 aromatic carbocycles. The predicted octanol–water partition coefficient (Wildman–Crippen LogP) is 2.89. The van der Waals surface area contributed by atoms with Crippen LogP contribution in [0.4, 0.5) is 5.69 Å². The van der Waals surface area contributed by atoms with Gasteiger partial charge < -0.3 is 4.90 Å². The molecule has 2 aromatic heterocycles. The lowest BCUT2D eigenvalue weighted by molar-refractivity contribution is 0.0980. The fraction of sp³-hybridized carbons (Fsp3) is 0.222. The number of aromatic nitrogens is 4. The molecule has 3 heterocycles. The van der Waals surface area contributed by atoms with E-state index < -0.39 is 0 Å². The zero-order valence-electron chi connectivity index (χ0n) is 13.7. The van der Waals surface area contributed by atoms with Crippen molar-refractivity contribution in [2.24, 2.45) is 0 Å². The molecule has 0 saturated heterocycles. The zero-order valence-corrected chi connectivity index (χ0v) is 14.4. The standard InChI is InChI=1S/C18H16ClN5O/c1-12-21-11-23(22-12)10-13-6-16(9-20-8-13)24-5-4-14-7-15(19)2-3-17(14)18(24)25/h2-3,6-9,11H,4-5,10H2,1H3. The number of carbonyl (C=O) groups is 1. The summed E-state index contributed by atoms with van der Waals surface area (Å²) in [5, 5.41) is 4.94. The van der Waals surface area contributed by atoms with Gasteiger partial charge >= 0.3 is 0 Å². The van der Waals surface area contributed by atoms with Gasteiger partial charge in [-0.1, -0.05) is 11.6 Å². The summed E-state index contributed by atoms with van der Waals surface area (Å²) >= 11 is 6.03. The third-order valence-corrected chi connectivity index (χ3v) is 4.47. The van der Waals surface area contributed by atoms with Crippen LogP contribution in [0, 0.1) is 6.92 Å². The number of aryl methyl sites for hydroxylation is 1. The smallest absolute Gasteiger partial charge is 0.258 e. The largest absolute Gasteiger partial charge is 0.306 e. The van der Waals surface area contributed by atoms with Crippen LogP contribution in [0.25, 0.3) is 0 Å². The molecular formula is C18H16ClN5O. The van der Waals surface area contributed by atoms with Crippen molar-refractivity contribution >= 4 is 23.2 Å². The van der Waals surface area contributed by atoms with Crippen LogP contribution in [0.15, 0.2) is 43.0 Å². The van der Waals surface area contributed by atoms with Crippen LogP contribution in [0.2, 0.25) is 5.02 Å². The van der Waals surface area contributed by atoms with Gasteiger partial charge in [-0.15, -0.1) is 0 Å². The lowest BCUT2D eigenvalue weighted by atomic mass is 9.98. The minimum Gasteiger partial charge on any atom is -0.306 e. The average Bonchev–Trinajstić information content (AvgIpc) is 3.00. The van der Waals surface area contributed by atoms with E-state index in [0.29, 0.717) is 23.7 Å². The number of halogens is 1. The first-order chi connectivity index (χ1) is 12.1. The van der Waals surface area contributed by atoms with E-state index in [1.807, 2.05) is 19.1 Å². The summed E-state index contributed by atoms with van der Waals surface area (Å²) in [6, 6.07) is 7.39. The highest BCUT2D eigenvalue weighted by Crippen LogP contribution is 2.26. The second kappa shape index (κ2) is 6.29. The molecule has 0 radical (unpaired) electrons. The molecule has 0 aliphatic carbocycles. The van der Waals surface area contributed by atoms with Crippen molar-refractivity contribution in [3.8, 4) is 0 Å². The van der Waals surface area contributed by atoms with Crippen LogP contribution in [0.1, 0.15) is 27.3 Å². The van der Waals surface area contributed by atoms with Crippen LogP contribution in [-0.2, 0) is 13.0 Å². The van der Waals surface area contributed by atoms with Gasteiger partial charge in [0, 0.05) is 23.3 Å². The number of rotatable bonds is 3. The van der Waals surface area contributed by atoms with Gasteiger partial charge in [-0.2, -0.15) is 5.10 Å². The van der Waals surface area contributed by atoms with Gasteiger partial charge in [0.15, 0.2) is 0 Å². The lowest BCUT2D eigenvalue weighted by Gasteiger charge is -2.28. The van der Waals surface area contributed by atoms with Crippen LogP contribution in [0.3, 0.4) is 0 Å². The highest BCUT2D eigenvalue weighted by atomic mass is 35.5. The Morgan fingerprint density at radius 1 is 1.24 bits per heavy atom. The second-order valence-electron chi connectivity index (χ2n) is 6.05. The molecule has 4 rings (SSSR count). The van der Waals surface area contributed by atoms with Crippen molar-refractivity contribution in [3.63, 3.8) is 0 Å². The van der Waals surface area contributed by atoms with Gasteiger partial charge in [0.05, 0.1) is 18.4 Å². The number of hydrogen-bond acceptors (Lipinski definition) is 4.